The second-order valence-electron chi connectivity index (χ2n) is 5.67. The summed E-state index contributed by atoms with van der Waals surface area (Å²) >= 11 is 0. The van der Waals surface area contributed by atoms with Crippen LogP contribution in [-0.4, -0.2) is 26.7 Å². The SMILES string of the molecule is Cc1cc2nn(C)cc2c(O[C@H](C)[C@H]2CCC(=O)C2)n1. The molecule has 1 saturated carbocycles. The molecule has 3 rings (SSSR count). The standard InChI is InChI=1S/C15H19N3O2/c1-9-6-14-13(8-18(3)17-14)15(16-9)20-10(2)11-4-5-12(19)7-11/h6,8,10-11H,4-5,7H2,1-3H3/t10-,11+/m1/s1. The molecule has 5 heteroatoms. The van der Waals surface area contributed by atoms with E-state index in [0.717, 1.165) is 23.0 Å². The van der Waals surface area contributed by atoms with Crippen LogP contribution in [0, 0.1) is 12.8 Å². The summed E-state index contributed by atoms with van der Waals surface area (Å²) in [5.41, 5.74) is 1.78. The van der Waals surface area contributed by atoms with E-state index in [1.54, 1.807) is 4.68 Å². The molecule has 0 radical (unpaired) electrons. The molecule has 2 atom stereocenters. The average molecular weight is 273 g/mol. The summed E-state index contributed by atoms with van der Waals surface area (Å²) in [5, 5.41) is 5.32. The Bertz CT molecular complexity index is 662. The molecular formula is C15H19N3O2. The Labute approximate surface area is 117 Å². The lowest BCUT2D eigenvalue weighted by Gasteiger charge is -2.20. The van der Waals surface area contributed by atoms with Crippen molar-refractivity contribution in [2.75, 3.05) is 0 Å². The molecule has 0 N–H and O–H groups in total. The fourth-order valence-corrected chi connectivity index (χ4v) is 2.83. The van der Waals surface area contributed by atoms with Crippen molar-refractivity contribution in [1.29, 1.82) is 0 Å². The molecule has 0 spiro atoms. The number of carbonyl (C=O) groups is 1. The summed E-state index contributed by atoms with van der Waals surface area (Å²) < 4.78 is 7.80. The minimum Gasteiger partial charge on any atom is -0.474 e. The lowest BCUT2D eigenvalue weighted by Crippen LogP contribution is -2.22. The first kappa shape index (κ1) is 13.1. The highest BCUT2D eigenvalue weighted by molar-refractivity contribution is 5.83. The number of fused-ring (bicyclic) bond motifs is 1. The van der Waals surface area contributed by atoms with Crippen LogP contribution in [0.1, 0.15) is 31.9 Å². The number of ether oxygens (including phenoxy) is 1. The fraction of sp³-hybridized carbons (Fsp3) is 0.533. The second kappa shape index (κ2) is 4.89. The van der Waals surface area contributed by atoms with Crippen molar-refractivity contribution in [3.05, 3.63) is 18.0 Å². The van der Waals surface area contributed by atoms with Gasteiger partial charge in [-0.1, -0.05) is 0 Å². The summed E-state index contributed by atoms with van der Waals surface area (Å²) in [6, 6.07) is 1.95. The zero-order valence-corrected chi connectivity index (χ0v) is 12.1. The predicted molar refractivity (Wildman–Crippen MR) is 75.7 cm³/mol. The van der Waals surface area contributed by atoms with Gasteiger partial charge < -0.3 is 4.74 Å². The maximum Gasteiger partial charge on any atom is 0.225 e. The Morgan fingerprint density at radius 1 is 1.50 bits per heavy atom. The van der Waals surface area contributed by atoms with Crippen LogP contribution < -0.4 is 4.74 Å². The van der Waals surface area contributed by atoms with Crippen molar-refractivity contribution in [2.24, 2.45) is 13.0 Å². The lowest BCUT2D eigenvalue weighted by atomic mass is 10.0. The van der Waals surface area contributed by atoms with Crippen LogP contribution in [0.15, 0.2) is 12.3 Å². The summed E-state index contributed by atoms with van der Waals surface area (Å²) in [5.74, 6) is 1.27. The molecule has 1 fully saturated rings. The molecule has 0 amide bonds. The third kappa shape index (κ3) is 2.40. The number of pyridine rings is 1. The Hall–Kier alpha value is -1.91. The quantitative estimate of drug-likeness (QED) is 0.861. The van der Waals surface area contributed by atoms with E-state index in [2.05, 4.69) is 10.1 Å². The van der Waals surface area contributed by atoms with Gasteiger partial charge in [-0.05, 0) is 26.3 Å². The van der Waals surface area contributed by atoms with Gasteiger partial charge in [-0.15, -0.1) is 0 Å². The van der Waals surface area contributed by atoms with E-state index in [4.69, 9.17) is 4.74 Å². The van der Waals surface area contributed by atoms with Gasteiger partial charge in [-0.25, -0.2) is 4.98 Å². The van der Waals surface area contributed by atoms with E-state index >= 15 is 0 Å². The Balaban J connectivity index is 1.88. The molecule has 0 aromatic carbocycles. The molecular weight excluding hydrogens is 254 g/mol. The number of nitrogens with zero attached hydrogens (tertiary/aromatic N) is 3. The summed E-state index contributed by atoms with van der Waals surface area (Å²) in [4.78, 5) is 15.9. The monoisotopic (exact) mass is 273 g/mol. The highest BCUT2D eigenvalue weighted by Crippen LogP contribution is 2.30. The normalized spacial score (nSPS) is 20.6. The number of aromatic nitrogens is 3. The average Bonchev–Trinajstić information content (AvgIpc) is 2.94. The second-order valence-corrected chi connectivity index (χ2v) is 5.67. The van der Waals surface area contributed by atoms with Crippen molar-refractivity contribution >= 4 is 16.7 Å². The number of rotatable bonds is 3. The first-order valence-electron chi connectivity index (χ1n) is 7.02. The van der Waals surface area contributed by atoms with Crippen LogP contribution >= 0.6 is 0 Å². The van der Waals surface area contributed by atoms with E-state index < -0.39 is 0 Å². The molecule has 1 aliphatic carbocycles. The number of hydrogen-bond acceptors (Lipinski definition) is 4. The number of Topliss-reactive ketones (excluding diaryl/α,β-unsaturated/α-hetero) is 1. The van der Waals surface area contributed by atoms with Gasteiger partial charge in [0, 0.05) is 37.7 Å². The van der Waals surface area contributed by atoms with Crippen LogP contribution in [0.25, 0.3) is 10.9 Å². The molecule has 2 aromatic rings. The third-order valence-electron chi connectivity index (χ3n) is 3.96. The molecule has 2 heterocycles. The first-order chi connectivity index (χ1) is 9.52. The molecule has 1 aliphatic rings. The van der Waals surface area contributed by atoms with Crippen LogP contribution in [0.4, 0.5) is 0 Å². The van der Waals surface area contributed by atoms with E-state index in [-0.39, 0.29) is 6.10 Å². The highest BCUT2D eigenvalue weighted by atomic mass is 16.5. The first-order valence-corrected chi connectivity index (χ1v) is 7.02. The molecule has 5 nitrogen and oxygen atoms in total. The van der Waals surface area contributed by atoms with Gasteiger partial charge in [0.25, 0.3) is 0 Å². The van der Waals surface area contributed by atoms with E-state index in [0.29, 0.717) is 30.4 Å². The van der Waals surface area contributed by atoms with Crippen molar-refractivity contribution in [3.8, 4) is 5.88 Å². The van der Waals surface area contributed by atoms with Crippen LogP contribution in [0.5, 0.6) is 5.88 Å². The minimum atomic E-state index is -0.000781. The van der Waals surface area contributed by atoms with Gasteiger partial charge >= 0.3 is 0 Å². The number of hydrogen-bond donors (Lipinski definition) is 0. The maximum atomic E-state index is 11.4. The van der Waals surface area contributed by atoms with Crippen molar-refractivity contribution in [2.45, 2.75) is 39.2 Å². The summed E-state index contributed by atoms with van der Waals surface area (Å²) in [6.07, 6.45) is 4.15. The molecule has 2 aromatic heterocycles. The van der Waals surface area contributed by atoms with Gasteiger partial charge in [0.2, 0.25) is 5.88 Å². The third-order valence-corrected chi connectivity index (χ3v) is 3.96. The van der Waals surface area contributed by atoms with Crippen molar-refractivity contribution in [3.63, 3.8) is 0 Å². The van der Waals surface area contributed by atoms with Gasteiger partial charge in [0.05, 0.1) is 10.9 Å². The minimum absolute atomic E-state index is 0.000781. The van der Waals surface area contributed by atoms with E-state index in [1.807, 2.05) is 33.2 Å². The maximum absolute atomic E-state index is 11.4. The summed E-state index contributed by atoms with van der Waals surface area (Å²) in [6.45, 7) is 3.96. The topological polar surface area (TPSA) is 57.0 Å². The number of carbonyl (C=O) groups excluding carboxylic acids is 1. The molecule has 20 heavy (non-hydrogen) atoms. The zero-order valence-electron chi connectivity index (χ0n) is 12.1. The van der Waals surface area contributed by atoms with Gasteiger partial charge in [0.15, 0.2) is 0 Å². The lowest BCUT2D eigenvalue weighted by molar-refractivity contribution is -0.117. The van der Waals surface area contributed by atoms with Gasteiger partial charge in [-0.3, -0.25) is 9.48 Å². The van der Waals surface area contributed by atoms with Crippen LogP contribution in [0.2, 0.25) is 0 Å². The molecule has 0 saturated heterocycles. The van der Waals surface area contributed by atoms with Crippen molar-refractivity contribution < 1.29 is 9.53 Å². The smallest absolute Gasteiger partial charge is 0.225 e. The van der Waals surface area contributed by atoms with Gasteiger partial charge in [0.1, 0.15) is 11.9 Å². The van der Waals surface area contributed by atoms with Gasteiger partial charge in [-0.2, -0.15) is 5.10 Å². The number of ketones is 1. The van der Waals surface area contributed by atoms with Crippen LogP contribution in [-0.2, 0) is 11.8 Å². The molecule has 106 valence electrons. The Morgan fingerprint density at radius 2 is 2.30 bits per heavy atom. The van der Waals surface area contributed by atoms with Crippen LogP contribution in [0.3, 0.4) is 0 Å². The zero-order chi connectivity index (χ0) is 14.3. The van der Waals surface area contributed by atoms with Crippen molar-refractivity contribution in [1.82, 2.24) is 14.8 Å². The van der Waals surface area contributed by atoms with E-state index in [9.17, 15) is 4.79 Å². The molecule has 0 bridgehead atoms. The largest absolute Gasteiger partial charge is 0.474 e. The summed E-state index contributed by atoms with van der Waals surface area (Å²) in [7, 11) is 1.89. The van der Waals surface area contributed by atoms with E-state index in [1.165, 1.54) is 0 Å². The number of aryl methyl sites for hydroxylation is 2. The molecule has 0 unspecified atom stereocenters. The predicted octanol–water partition coefficient (Wildman–Crippen LogP) is 2.41. The Morgan fingerprint density at radius 3 is 3.00 bits per heavy atom. The molecule has 0 aliphatic heterocycles. The Kier molecular flexibility index (Phi) is 3.20. The fourth-order valence-electron chi connectivity index (χ4n) is 2.83. The highest BCUT2D eigenvalue weighted by Gasteiger charge is 2.28.